The van der Waals surface area contributed by atoms with Gasteiger partial charge in [-0.3, -0.25) is 4.90 Å². The quantitative estimate of drug-likeness (QED) is 0.794. The molecule has 2 aromatic rings. The van der Waals surface area contributed by atoms with Crippen LogP contribution in [0.15, 0.2) is 54.6 Å². The van der Waals surface area contributed by atoms with Gasteiger partial charge in [0, 0.05) is 50.3 Å². The molecular formula is C23H29N3O2S. The Morgan fingerprint density at radius 2 is 1.86 bits per heavy atom. The van der Waals surface area contributed by atoms with Gasteiger partial charge in [-0.25, -0.2) is 4.79 Å². The first-order valence-electron chi connectivity index (χ1n) is 10.4. The van der Waals surface area contributed by atoms with E-state index < -0.39 is 6.10 Å². The molecule has 6 heteroatoms. The van der Waals surface area contributed by atoms with Crippen LogP contribution in [-0.4, -0.2) is 65.5 Å². The highest BCUT2D eigenvalue weighted by Gasteiger charge is 2.26. The number of thioether (sulfide) groups is 1. The van der Waals surface area contributed by atoms with Gasteiger partial charge in [-0.05, 0) is 23.1 Å². The third-order valence-corrected chi connectivity index (χ3v) is 6.93. The number of amides is 2. The number of benzene rings is 2. The number of fused-ring (bicyclic) bond motifs is 1. The Morgan fingerprint density at radius 1 is 1.10 bits per heavy atom. The number of aliphatic hydroxyl groups is 1. The molecule has 4 rings (SSSR count). The maximum atomic E-state index is 12.6. The van der Waals surface area contributed by atoms with E-state index in [9.17, 15) is 9.90 Å². The summed E-state index contributed by atoms with van der Waals surface area (Å²) in [5.74, 6) is 0.933. The van der Waals surface area contributed by atoms with Crippen LogP contribution in [0, 0.1) is 0 Å². The smallest absolute Gasteiger partial charge is 0.317 e. The lowest BCUT2D eigenvalue weighted by atomic mass is 10.00. The van der Waals surface area contributed by atoms with E-state index >= 15 is 0 Å². The van der Waals surface area contributed by atoms with Crippen LogP contribution in [0.1, 0.15) is 21.9 Å². The Morgan fingerprint density at radius 3 is 2.69 bits per heavy atom. The van der Waals surface area contributed by atoms with E-state index in [0.29, 0.717) is 18.3 Å². The van der Waals surface area contributed by atoms with Crippen molar-refractivity contribution in [3.05, 3.63) is 71.3 Å². The SMILES string of the molecule is O=C(NC[C@H](O)CN1CCc2ccccc2C1)N1CCSC(c2ccccc2)C1. The number of carbonyl (C=O) groups excluding carboxylic acids is 1. The first-order valence-corrected chi connectivity index (χ1v) is 11.4. The van der Waals surface area contributed by atoms with Crippen LogP contribution < -0.4 is 5.32 Å². The number of β-amino-alcohol motifs (C(OH)–C–C–N with tert-alkyl or cyclic N) is 1. The van der Waals surface area contributed by atoms with Crippen molar-refractivity contribution in [3.8, 4) is 0 Å². The second-order valence-electron chi connectivity index (χ2n) is 7.81. The summed E-state index contributed by atoms with van der Waals surface area (Å²) in [4.78, 5) is 16.8. The topological polar surface area (TPSA) is 55.8 Å². The molecule has 5 nitrogen and oxygen atoms in total. The number of carbonyl (C=O) groups is 1. The van der Waals surface area contributed by atoms with E-state index in [1.54, 1.807) is 0 Å². The van der Waals surface area contributed by atoms with Crippen LogP contribution >= 0.6 is 11.8 Å². The lowest BCUT2D eigenvalue weighted by Gasteiger charge is -2.33. The predicted molar refractivity (Wildman–Crippen MR) is 118 cm³/mol. The highest BCUT2D eigenvalue weighted by molar-refractivity contribution is 7.99. The largest absolute Gasteiger partial charge is 0.390 e. The molecule has 0 aromatic heterocycles. The van der Waals surface area contributed by atoms with Crippen LogP contribution in [0.25, 0.3) is 0 Å². The van der Waals surface area contributed by atoms with Crippen LogP contribution in [0.2, 0.25) is 0 Å². The molecule has 2 aliphatic rings. The van der Waals surface area contributed by atoms with Gasteiger partial charge in [-0.15, -0.1) is 0 Å². The number of urea groups is 1. The molecule has 1 saturated heterocycles. The van der Waals surface area contributed by atoms with Gasteiger partial charge in [0.1, 0.15) is 0 Å². The highest BCUT2D eigenvalue weighted by atomic mass is 32.2. The zero-order chi connectivity index (χ0) is 20.1. The molecule has 154 valence electrons. The number of nitrogens with zero attached hydrogens (tertiary/aromatic N) is 2. The number of nitrogens with one attached hydrogen (secondary N) is 1. The fraction of sp³-hybridized carbons (Fsp3) is 0.435. The minimum atomic E-state index is -0.562. The summed E-state index contributed by atoms with van der Waals surface area (Å²) in [5.41, 5.74) is 4.01. The fourth-order valence-electron chi connectivity index (χ4n) is 4.09. The number of rotatable bonds is 5. The zero-order valence-electron chi connectivity index (χ0n) is 16.7. The first-order chi connectivity index (χ1) is 14.2. The normalized spacial score (nSPS) is 20.7. The van der Waals surface area contributed by atoms with E-state index in [0.717, 1.165) is 31.8 Å². The van der Waals surface area contributed by atoms with E-state index in [4.69, 9.17) is 0 Å². The summed E-state index contributed by atoms with van der Waals surface area (Å²) in [6.07, 6.45) is 0.454. The number of hydrogen-bond acceptors (Lipinski definition) is 4. The molecule has 0 spiro atoms. The second kappa shape index (κ2) is 9.65. The summed E-state index contributed by atoms with van der Waals surface area (Å²) >= 11 is 1.90. The molecule has 0 bridgehead atoms. The molecule has 1 unspecified atom stereocenters. The van der Waals surface area contributed by atoms with Gasteiger partial charge in [0.15, 0.2) is 0 Å². The maximum Gasteiger partial charge on any atom is 0.317 e. The predicted octanol–water partition coefficient (Wildman–Crippen LogP) is 2.91. The second-order valence-corrected chi connectivity index (χ2v) is 9.12. The van der Waals surface area contributed by atoms with Crippen LogP contribution in [0.5, 0.6) is 0 Å². The summed E-state index contributed by atoms with van der Waals surface area (Å²) in [7, 11) is 0. The van der Waals surface area contributed by atoms with Gasteiger partial charge >= 0.3 is 6.03 Å². The summed E-state index contributed by atoms with van der Waals surface area (Å²) < 4.78 is 0. The molecule has 2 amide bonds. The Bertz CT molecular complexity index is 817. The van der Waals surface area contributed by atoms with E-state index in [2.05, 4.69) is 46.6 Å². The molecule has 2 aliphatic heterocycles. The molecule has 0 saturated carbocycles. The third kappa shape index (κ3) is 5.32. The van der Waals surface area contributed by atoms with Crippen molar-refractivity contribution in [3.63, 3.8) is 0 Å². The molecule has 29 heavy (non-hydrogen) atoms. The zero-order valence-corrected chi connectivity index (χ0v) is 17.5. The molecular weight excluding hydrogens is 382 g/mol. The van der Waals surface area contributed by atoms with Crippen molar-refractivity contribution >= 4 is 17.8 Å². The van der Waals surface area contributed by atoms with Gasteiger partial charge in [0.2, 0.25) is 0 Å². The average molecular weight is 412 g/mol. The number of hydrogen-bond donors (Lipinski definition) is 2. The molecule has 0 radical (unpaired) electrons. The van der Waals surface area contributed by atoms with Crippen molar-refractivity contribution in [2.45, 2.75) is 24.3 Å². The van der Waals surface area contributed by atoms with E-state index in [1.807, 2.05) is 34.9 Å². The average Bonchev–Trinajstić information content (AvgIpc) is 2.78. The molecule has 2 heterocycles. The Labute approximate surface area is 177 Å². The Hall–Kier alpha value is -2.02. The van der Waals surface area contributed by atoms with E-state index in [1.165, 1.54) is 16.7 Å². The lowest BCUT2D eigenvalue weighted by molar-refractivity contribution is 0.103. The Balaban J connectivity index is 1.23. The highest BCUT2D eigenvalue weighted by Crippen LogP contribution is 2.32. The maximum absolute atomic E-state index is 12.6. The molecule has 2 atom stereocenters. The minimum absolute atomic E-state index is 0.0747. The molecule has 1 fully saturated rings. The Kier molecular flexibility index (Phi) is 6.74. The molecule has 2 N–H and O–H groups in total. The molecule has 0 aliphatic carbocycles. The minimum Gasteiger partial charge on any atom is -0.390 e. The van der Waals surface area contributed by atoms with Crippen LogP contribution in [0.3, 0.4) is 0 Å². The number of aliphatic hydroxyl groups excluding tert-OH is 1. The van der Waals surface area contributed by atoms with Crippen LogP contribution in [-0.2, 0) is 13.0 Å². The fourth-order valence-corrected chi connectivity index (χ4v) is 5.34. The lowest BCUT2D eigenvalue weighted by Crippen LogP contribution is -2.48. The monoisotopic (exact) mass is 411 g/mol. The van der Waals surface area contributed by atoms with Crippen molar-refractivity contribution < 1.29 is 9.90 Å². The standard InChI is InChI=1S/C23H29N3O2S/c27-21(16-25-11-10-18-6-4-5-9-20(18)15-25)14-24-23(28)26-12-13-29-22(17-26)19-7-2-1-3-8-19/h1-9,21-22,27H,10-17H2,(H,24,28)/t21-,22?/m0/s1. The van der Waals surface area contributed by atoms with Crippen LogP contribution in [0.4, 0.5) is 4.79 Å². The van der Waals surface area contributed by atoms with Crippen molar-refractivity contribution in [1.82, 2.24) is 15.1 Å². The van der Waals surface area contributed by atoms with Gasteiger partial charge in [0.05, 0.1) is 6.10 Å². The third-order valence-electron chi connectivity index (χ3n) is 5.69. The summed E-state index contributed by atoms with van der Waals surface area (Å²) in [5, 5.41) is 13.7. The van der Waals surface area contributed by atoms with Gasteiger partial charge in [-0.2, -0.15) is 11.8 Å². The van der Waals surface area contributed by atoms with Crippen molar-refractivity contribution in [2.24, 2.45) is 0 Å². The van der Waals surface area contributed by atoms with E-state index in [-0.39, 0.29) is 12.6 Å². The van der Waals surface area contributed by atoms with Crippen molar-refractivity contribution in [2.75, 3.05) is 38.5 Å². The first kappa shape index (κ1) is 20.3. The molecule has 2 aromatic carbocycles. The van der Waals surface area contributed by atoms with Gasteiger partial charge in [-0.1, -0.05) is 54.6 Å². The van der Waals surface area contributed by atoms with Gasteiger partial charge < -0.3 is 15.3 Å². The summed E-state index contributed by atoms with van der Waals surface area (Å²) in [6.45, 7) is 4.14. The van der Waals surface area contributed by atoms with Crippen molar-refractivity contribution in [1.29, 1.82) is 0 Å². The summed E-state index contributed by atoms with van der Waals surface area (Å²) in [6, 6.07) is 18.8. The van der Waals surface area contributed by atoms with Gasteiger partial charge in [0.25, 0.3) is 0 Å².